The van der Waals surface area contributed by atoms with Crippen molar-refractivity contribution >= 4 is 24.2 Å². The summed E-state index contributed by atoms with van der Waals surface area (Å²) in [6, 6.07) is 0.863. The van der Waals surface area contributed by atoms with E-state index in [1.54, 1.807) is 0 Å². The van der Waals surface area contributed by atoms with Gasteiger partial charge in [-0.1, -0.05) is 26.1 Å². The van der Waals surface area contributed by atoms with Crippen LogP contribution in [0.2, 0.25) is 0 Å². The van der Waals surface area contributed by atoms with Crippen molar-refractivity contribution in [1.29, 1.82) is 0 Å². The predicted molar refractivity (Wildman–Crippen MR) is 62.5 cm³/mol. The molecule has 1 aromatic heterocycles. The number of hydrogen-bond donors (Lipinski definition) is 2. The van der Waals surface area contributed by atoms with Gasteiger partial charge in [-0.05, 0) is 6.07 Å². The van der Waals surface area contributed by atoms with Gasteiger partial charge in [0.2, 0.25) is 0 Å². The molecule has 0 atom stereocenters. The molecular formula is C10H13F3N2OS. The van der Waals surface area contributed by atoms with Crippen LogP contribution in [0.3, 0.4) is 0 Å². The molecule has 7 heteroatoms. The minimum absolute atomic E-state index is 0.0845. The molecule has 0 radical (unpaired) electrons. The maximum Gasteiger partial charge on any atom is 0.417 e. The maximum atomic E-state index is 12.3. The number of carbonyl (C=O) groups excluding carboxylic acids is 1. The zero-order chi connectivity index (χ0) is 13.5. The third-order valence-corrected chi connectivity index (χ3v) is 1.94. The SMILES string of the molecule is CC.O=CCNc1cc(C(F)(F)F)c[nH]c1=S. The summed E-state index contributed by atoms with van der Waals surface area (Å²) in [6.45, 7) is 3.92. The van der Waals surface area contributed by atoms with Crippen LogP contribution in [0.15, 0.2) is 12.3 Å². The van der Waals surface area contributed by atoms with E-state index in [1.165, 1.54) is 0 Å². The molecule has 1 rings (SSSR count). The number of rotatable bonds is 3. The molecule has 0 amide bonds. The van der Waals surface area contributed by atoms with E-state index < -0.39 is 11.7 Å². The zero-order valence-corrected chi connectivity index (χ0v) is 10.2. The molecule has 0 fully saturated rings. The first kappa shape index (κ1) is 15.6. The maximum absolute atomic E-state index is 12.3. The first-order valence-corrected chi connectivity index (χ1v) is 5.33. The summed E-state index contributed by atoms with van der Waals surface area (Å²) in [4.78, 5) is 12.3. The third kappa shape index (κ3) is 4.99. The molecule has 0 aliphatic carbocycles. The Balaban J connectivity index is 0.00000121. The van der Waals surface area contributed by atoms with Gasteiger partial charge in [0.05, 0.1) is 17.8 Å². The Kier molecular flexibility index (Phi) is 6.48. The molecule has 0 saturated heterocycles. The molecule has 2 N–H and O–H groups in total. The highest BCUT2D eigenvalue weighted by Gasteiger charge is 2.31. The van der Waals surface area contributed by atoms with Crippen LogP contribution >= 0.6 is 12.2 Å². The number of H-pyrrole nitrogens is 1. The van der Waals surface area contributed by atoms with Crippen LogP contribution < -0.4 is 5.32 Å². The molecule has 0 spiro atoms. The number of alkyl halides is 3. The van der Waals surface area contributed by atoms with E-state index in [4.69, 9.17) is 12.2 Å². The largest absolute Gasteiger partial charge is 0.417 e. The number of anilines is 1. The highest BCUT2D eigenvalue weighted by Crippen LogP contribution is 2.30. The minimum Gasteiger partial charge on any atom is -0.376 e. The topological polar surface area (TPSA) is 44.9 Å². The number of hydrogen-bond acceptors (Lipinski definition) is 3. The molecule has 17 heavy (non-hydrogen) atoms. The number of aldehydes is 1. The van der Waals surface area contributed by atoms with Gasteiger partial charge in [0.1, 0.15) is 10.9 Å². The van der Waals surface area contributed by atoms with E-state index >= 15 is 0 Å². The lowest BCUT2D eigenvalue weighted by atomic mass is 10.2. The molecule has 0 bridgehead atoms. The molecule has 0 aliphatic heterocycles. The smallest absolute Gasteiger partial charge is 0.376 e. The van der Waals surface area contributed by atoms with Gasteiger partial charge in [0, 0.05) is 6.20 Å². The van der Waals surface area contributed by atoms with Gasteiger partial charge in [-0.3, -0.25) is 0 Å². The van der Waals surface area contributed by atoms with Gasteiger partial charge < -0.3 is 15.1 Å². The molecule has 0 saturated carbocycles. The highest BCUT2D eigenvalue weighted by atomic mass is 32.1. The van der Waals surface area contributed by atoms with Crippen molar-refractivity contribution in [2.24, 2.45) is 0 Å². The van der Waals surface area contributed by atoms with Crippen molar-refractivity contribution in [3.8, 4) is 0 Å². The Labute approximate surface area is 102 Å². The first-order valence-electron chi connectivity index (χ1n) is 4.92. The van der Waals surface area contributed by atoms with Crippen LogP contribution in [0.4, 0.5) is 18.9 Å². The van der Waals surface area contributed by atoms with Crippen molar-refractivity contribution in [1.82, 2.24) is 4.98 Å². The Hall–Kier alpha value is -1.37. The van der Waals surface area contributed by atoms with Crippen LogP contribution in [0.1, 0.15) is 19.4 Å². The van der Waals surface area contributed by atoms with E-state index in [0.29, 0.717) is 6.29 Å². The summed E-state index contributed by atoms with van der Waals surface area (Å²) in [5, 5.41) is 2.47. The van der Waals surface area contributed by atoms with Crippen molar-refractivity contribution in [3.05, 3.63) is 22.5 Å². The Morgan fingerprint density at radius 2 is 2.06 bits per heavy atom. The number of aromatic nitrogens is 1. The number of carbonyl (C=O) groups is 1. The molecule has 96 valence electrons. The van der Waals surface area contributed by atoms with E-state index in [-0.39, 0.29) is 16.9 Å². The van der Waals surface area contributed by atoms with Crippen molar-refractivity contribution in [2.45, 2.75) is 20.0 Å². The van der Waals surface area contributed by atoms with Gasteiger partial charge in [-0.15, -0.1) is 0 Å². The van der Waals surface area contributed by atoms with E-state index in [0.717, 1.165) is 12.3 Å². The Morgan fingerprint density at radius 1 is 1.47 bits per heavy atom. The standard InChI is InChI=1S/C8H7F3N2OS.C2H6/c9-8(10,11)5-3-6(12-1-2-14)7(15)13-4-5;1-2/h2-4,12H,1H2,(H,13,15);1-2H3. The fourth-order valence-electron chi connectivity index (χ4n) is 0.930. The molecule has 1 heterocycles. The average molecular weight is 266 g/mol. The van der Waals surface area contributed by atoms with Gasteiger partial charge in [-0.2, -0.15) is 13.2 Å². The zero-order valence-electron chi connectivity index (χ0n) is 9.39. The molecule has 1 aromatic rings. The second kappa shape index (κ2) is 7.05. The summed E-state index contributed by atoms with van der Waals surface area (Å²) in [5.74, 6) is 0. The molecule has 0 aromatic carbocycles. The van der Waals surface area contributed by atoms with Crippen molar-refractivity contribution < 1.29 is 18.0 Å². The van der Waals surface area contributed by atoms with E-state index in [1.807, 2.05) is 13.8 Å². The fraction of sp³-hybridized carbons (Fsp3) is 0.400. The second-order valence-electron chi connectivity index (χ2n) is 2.68. The summed E-state index contributed by atoms with van der Waals surface area (Å²) in [5.41, 5.74) is -0.753. The third-order valence-electron chi connectivity index (χ3n) is 1.61. The lowest BCUT2D eigenvalue weighted by molar-refractivity contribution is -0.137. The second-order valence-corrected chi connectivity index (χ2v) is 3.08. The van der Waals surface area contributed by atoms with E-state index in [2.05, 4.69) is 10.3 Å². The van der Waals surface area contributed by atoms with Crippen molar-refractivity contribution in [3.63, 3.8) is 0 Å². The summed E-state index contributed by atoms with van der Waals surface area (Å²) in [6.07, 6.45) is -3.11. The molecule has 0 aliphatic rings. The highest BCUT2D eigenvalue weighted by molar-refractivity contribution is 7.71. The molecular weight excluding hydrogens is 253 g/mol. The number of halogens is 3. The molecule has 0 unspecified atom stereocenters. The summed E-state index contributed by atoms with van der Waals surface area (Å²) in [7, 11) is 0. The van der Waals surface area contributed by atoms with Gasteiger partial charge in [0.25, 0.3) is 0 Å². The fourth-order valence-corrected chi connectivity index (χ4v) is 1.12. The monoisotopic (exact) mass is 266 g/mol. The average Bonchev–Trinajstić information content (AvgIpc) is 2.29. The first-order chi connectivity index (χ1) is 7.95. The number of pyridine rings is 1. The van der Waals surface area contributed by atoms with Gasteiger partial charge in [0.15, 0.2) is 0 Å². The molecule has 3 nitrogen and oxygen atoms in total. The predicted octanol–water partition coefficient (Wildman–Crippen LogP) is 3.40. The van der Waals surface area contributed by atoms with Crippen LogP contribution in [-0.2, 0) is 11.0 Å². The van der Waals surface area contributed by atoms with E-state index in [9.17, 15) is 18.0 Å². The van der Waals surface area contributed by atoms with Gasteiger partial charge >= 0.3 is 6.18 Å². The number of aromatic amines is 1. The Bertz CT molecular complexity index is 415. The quantitative estimate of drug-likeness (QED) is 0.651. The van der Waals surface area contributed by atoms with Crippen LogP contribution in [0.5, 0.6) is 0 Å². The Morgan fingerprint density at radius 3 is 2.53 bits per heavy atom. The lowest BCUT2D eigenvalue weighted by Gasteiger charge is -2.09. The van der Waals surface area contributed by atoms with Crippen LogP contribution in [-0.4, -0.2) is 17.8 Å². The number of nitrogens with one attached hydrogen (secondary N) is 2. The van der Waals surface area contributed by atoms with Gasteiger partial charge in [-0.25, -0.2) is 0 Å². The van der Waals surface area contributed by atoms with Crippen molar-refractivity contribution in [2.75, 3.05) is 11.9 Å². The summed E-state index contributed by atoms with van der Waals surface area (Å²) < 4.78 is 36.9. The summed E-state index contributed by atoms with van der Waals surface area (Å²) >= 11 is 4.75. The normalized spacial score (nSPS) is 10.2. The van der Waals surface area contributed by atoms with Crippen LogP contribution in [0, 0.1) is 4.64 Å². The van der Waals surface area contributed by atoms with Crippen LogP contribution in [0.25, 0.3) is 0 Å². The minimum atomic E-state index is -4.43. The lowest BCUT2D eigenvalue weighted by Crippen LogP contribution is -2.09.